The van der Waals surface area contributed by atoms with E-state index in [0.29, 0.717) is 11.4 Å². The predicted molar refractivity (Wildman–Crippen MR) is 127 cm³/mol. The first-order valence-electron chi connectivity index (χ1n) is 10.5. The highest BCUT2D eigenvalue weighted by molar-refractivity contribution is 6.15. The fourth-order valence-corrected chi connectivity index (χ4v) is 3.51. The van der Waals surface area contributed by atoms with Gasteiger partial charge in [-0.05, 0) is 23.8 Å². The third kappa shape index (κ3) is 4.75. The third-order valence-corrected chi connectivity index (χ3v) is 5.06. The van der Waals surface area contributed by atoms with E-state index in [1.165, 1.54) is 19.9 Å². The summed E-state index contributed by atoms with van der Waals surface area (Å²) < 4.78 is 10.2. The van der Waals surface area contributed by atoms with E-state index >= 15 is 0 Å². The Labute approximate surface area is 195 Å². The van der Waals surface area contributed by atoms with Crippen molar-refractivity contribution in [2.24, 2.45) is 0 Å². The van der Waals surface area contributed by atoms with Crippen molar-refractivity contribution in [1.29, 1.82) is 0 Å². The van der Waals surface area contributed by atoms with E-state index in [-0.39, 0.29) is 16.8 Å². The third-order valence-electron chi connectivity index (χ3n) is 5.06. The SMILES string of the molecule is CC1(C)OC(=O)C(=CNc2cccc(C(=O)O)c2Nc2ccccc2-c2ccccc2)C(=O)O1. The van der Waals surface area contributed by atoms with Gasteiger partial charge in [-0.3, -0.25) is 0 Å². The molecule has 0 aliphatic carbocycles. The highest BCUT2D eigenvalue weighted by Crippen LogP contribution is 2.35. The second-order valence-electron chi connectivity index (χ2n) is 7.95. The molecule has 34 heavy (non-hydrogen) atoms. The van der Waals surface area contributed by atoms with Crippen molar-refractivity contribution in [2.75, 3.05) is 10.6 Å². The van der Waals surface area contributed by atoms with Gasteiger partial charge in [0, 0.05) is 31.3 Å². The number of carbonyl (C=O) groups excluding carboxylic acids is 2. The number of hydrogen-bond donors (Lipinski definition) is 3. The number of benzene rings is 3. The summed E-state index contributed by atoms with van der Waals surface area (Å²) in [6.45, 7) is 2.91. The van der Waals surface area contributed by atoms with Crippen LogP contribution in [0.3, 0.4) is 0 Å². The largest absolute Gasteiger partial charge is 0.478 e. The molecule has 0 radical (unpaired) electrons. The van der Waals surface area contributed by atoms with E-state index in [9.17, 15) is 19.5 Å². The van der Waals surface area contributed by atoms with Gasteiger partial charge in [-0.1, -0.05) is 54.6 Å². The monoisotopic (exact) mass is 458 g/mol. The first-order valence-corrected chi connectivity index (χ1v) is 10.5. The maximum absolute atomic E-state index is 12.3. The summed E-state index contributed by atoms with van der Waals surface area (Å²) in [6, 6.07) is 21.8. The van der Waals surface area contributed by atoms with Crippen LogP contribution in [0.15, 0.2) is 84.6 Å². The molecule has 0 saturated carbocycles. The van der Waals surface area contributed by atoms with E-state index in [1.807, 2.05) is 54.6 Å². The van der Waals surface area contributed by atoms with Crippen molar-refractivity contribution < 1.29 is 29.0 Å². The molecule has 4 rings (SSSR count). The molecule has 3 N–H and O–H groups in total. The topological polar surface area (TPSA) is 114 Å². The quantitative estimate of drug-likeness (QED) is 0.271. The van der Waals surface area contributed by atoms with Crippen LogP contribution in [0.5, 0.6) is 0 Å². The first kappa shape index (κ1) is 22.6. The van der Waals surface area contributed by atoms with Gasteiger partial charge in [-0.2, -0.15) is 0 Å². The molecular weight excluding hydrogens is 436 g/mol. The second-order valence-corrected chi connectivity index (χ2v) is 7.95. The molecule has 3 aromatic carbocycles. The van der Waals surface area contributed by atoms with Crippen molar-refractivity contribution in [3.63, 3.8) is 0 Å². The second kappa shape index (κ2) is 9.11. The standard InChI is InChI=1S/C26H22N2O6/c1-26(2)33-24(31)19(25(32)34-26)15-27-21-14-8-12-18(23(29)30)22(21)28-20-13-7-6-11-17(20)16-9-4-3-5-10-16/h3-15,27-28H,1-2H3,(H,29,30). The van der Waals surface area contributed by atoms with Crippen LogP contribution in [0.1, 0.15) is 24.2 Å². The molecule has 0 bridgehead atoms. The molecule has 1 fully saturated rings. The lowest BCUT2D eigenvalue weighted by Gasteiger charge is -2.29. The highest BCUT2D eigenvalue weighted by Gasteiger charge is 2.39. The number of carboxylic acids is 1. The molecule has 3 aromatic rings. The summed E-state index contributed by atoms with van der Waals surface area (Å²) in [6.07, 6.45) is 1.15. The van der Waals surface area contributed by atoms with Crippen LogP contribution in [0, 0.1) is 0 Å². The zero-order chi connectivity index (χ0) is 24.3. The number of hydrogen-bond acceptors (Lipinski definition) is 7. The zero-order valence-corrected chi connectivity index (χ0v) is 18.5. The summed E-state index contributed by atoms with van der Waals surface area (Å²) in [5.74, 6) is -4.18. The minimum atomic E-state index is -1.36. The predicted octanol–water partition coefficient (Wildman–Crippen LogP) is 4.93. The van der Waals surface area contributed by atoms with E-state index in [1.54, 1.807) is 12.1 Å². The smallest absolute Gasteiger partial charge is 0.350 e. The van der Waals surface area contributed by atoms with E-state index in [0.717, 1.165) is 17.3 Å². The summed E-state index contributed by atoms with van der Waals surface area (Å²) in [7, 11) is 0. The van der Waals surface area contributed by atoms with Crippen LogP contribution in [0.25, 0.3) is 11.1 Å². The summed E-state index contributed by atoms with van der Waals surface area (Å²) in [5, 5.41) is 15.8. The van der Waals surface area contributed by atoms with Crippen molar-refractivity contribution in [2.45, 2.75) is 19.6 Å². The molecule has 172 valence electrons. The van der Waals surface area contributed by atoms with Crippen LogP contribution in [0.4, 0.5) is 17.1 Å². The molecule has 8 heteroatoms. The number of carboxylic acid groups (broad SMARTS) is 1. The molecule has 1 aliphatic rings. The maximum atomic E-state index is 12.3. The molecule has 1 aliphatic heterocycles. The Hall–Kier alpha value is -4.59. The Bertz CT molecular complexity index is 1280. The molecule has 0 amide bonds. The number of rotatable bonds is 6. The molecule has 0 atom stereocenters. The maximum Gasteiger partial charge on any atom is 0.350 e. The summed E-state index contributed by atoms with van der Waals surface area (Å²) in [4.78, 5) is 36.5. The number of anilines is 3. The summed E-state index contributed by atoms with van der Waals surface area (Å²) in [5.41, 5.74) is 2.75. The van der Waals surface area contributed by atoms with E-state index in [2.05, 4.69) is 10.6 Å². The fourth-order valence-electron chi connectivity index (χ4n) is 3.51. The Morgan fingerprint density at radius 3 is 2.15 bits per heavy atom. The highest BCUT2D eigenvalue weighted by atomic mass is 16.7. The fraction of sp³-hybridized carbons (Fsp3) is 0.115. The molecule has 1 saturated heterocycles. The molecule has 1 heterocycles. The van der Waals surface area contributed by atoms with Gasteiger partial charge in [0.05, 0.1) is 16.9 Å². The lowest BCUT2D eigenvalue weighted by molar-refractivity contribution is -0.222. The van der Waals surface area contributed by atoms with Gasteiger partial charge in [0.15, 0.2) is 5.57 Å². The normalized spacial score (nSPS) is 14.6. The number of para-hydroxylation sites is 2. The summed E-state index contributed by atoms with van der Waals surface area (Å²) >= 11 is 0. The van der Waals surface area contributed by atoms with Crippen LogP contribution >= 0.6 is 0 Å². The van der Waals surface area contributed by atoms with Crippen molar-refractivity contribution in [3.8, 4) is 11.1 Å². The number of carbonyl (C=O) groups is 3. The van der Waals surface area contributed by atoms with Crippen molar-refractivity contribution >= 4 is 35.0 Å². The van der Waals surface area contributed by atoms with Crippen LogP contribution < -0.4 is 10.6 Å². The molecule has 0 spiro atoms. The van der Waals surface area contributed by atoms with Gasteiger partial charge in [0.1, 0.15) is 0 Å². The Kier molecular flexibility index (Phi) is 6.05. The van der Waals surface area contributed by atoms with Crippen molar-refractivity contribution in [1.82, 2.24) is 0 Å². The van der Waals surface area contributed by atoms with Crippen LogP contribution in [-0.2, 0) is 19.1 Å². The Morgan fingerprint density at radius 1 is 0.853 bits per heavy atom. The lowest BCUT2D eigenvalue weighted by atomic mass is 10.0. The van der Waals surface area contributed by atoms with Gasteiger partial charge in [-0.15, -0.1) is 0 Å². The van der Waals surface area contributed by atoms with E-state index < -0.39 is 23.7 Å². The van der Waals surface area contributed by atoms with Crippen molar-refractivity contribution in [3.05, 3.63) is 90.1 Å². The minimum Gasteiger partial charge on any atom is -0.478 e. The van der Waals surface area contributed by atoms with Crippen LogP contribution in [0.2, 0.25) is 0 Å². The Balaban J connectivity index is 1.72. The van der Waals surface area contributed by atoms with Gasteiger partial charge < -0.3 is 25.2 Å². The molecule has 8 nitrogen and oxygen atoms in total. The number of nitrogens with one attached hydrogen (secondary N) is 2. The number of esters is 2. The zero-order valence-electron chi connectivity index (χ0n) is 18.5. The molecule has 0 aromatic heterocycles. The van der Waals surface area contributed by atoms with E-state index in [4.69, 9.17) is 9.47 Å². The first-order chi connectivity index (χ1) is 16.2. The minimum absolute atomic E-state index is 0.00111. The average molecular weight is 458 g/mol. The average Bonchev–Trinajstić information content (AvgIpc) is 2.79. The number of aromatic carboxylic acids is 1. The molecule has 0 unspecified atom stereocenters. The van der Waals surface area contributed by atoms with Gasteiger partial charge >= 0.3 is 17.9 Å². The van der Waals surface area contributed by atoms with Crippen LogP contribution in [-0.4, -0.2) is 28.8 Å². The number of cyclic esters (lactones) is 2. The molecular formula is C26H22N2O6. The van der Waals surface area contributed by atoms with Gasteiger partial charge in [0.25, 0.3) is 5.79 Å². The number of ether oxygens (including phenoxy) is 2. The van der Waals surface area contributed by atoms with Gasteiger partial charge in [-0.25, -0.2) is 14.4 Å². The Morgan fingerprint density at radius 2 is 1.47 bits per heavy atom. The van der Waals surface area contributed by atoms with Gasteiger partial charge in [0.2, 0.25) is 0 Å². The lowest BCUT2D eigenvalue weighted by Crippen LogP contribution is -2.42.